The summed E-state index contributed by atoms with van der Waals surface area (Å²) in [5, 5.41) is 5.00. The predicted molar refractivity (Wildman–Crippen MR) is 91.9 cm³/mol. The van der Waals surface area contributed by atoms with Crippen molar-refractivity contribution in [2.45, 2.75) is 32.9 Å². The molecule has 1 unspecified atom stereocenters. The zero-order valence-electron chi connectivity index (χ0n) is 12.4. The van der Waals surface area contributed by atoms with E-state index in [0.29, 0.717) is 22.0 Å². The molecular weight excluding hydrogens is 301 g/mol. The van der Waals surface area contributed by atoms with Gasteiger partial charge in [-0.05, 0) is 35.6 Å². The first-order valence-corrected chi connectivity index (χ1v) is 8.04. The van der Waals surface area contributed by atoms with Gasteiger partial charge in [0.25, 0.3) is 0 Å². The van der Waals surface area contributed by atoms with E-state index in [9.17, 15) is 0 Å². The van der Waals surface area contributed by atoms with Crippen LogP contribution in [0.5, 0.6) is 0 Å². The molecule has 0 fully saturated rings. The monoisotopic (exact) mass is 321 g/mol. The second kappa shape index (κ2) is 7.84. The van der Waals surface area contributed by atoms with Crippen LogP contribution in [0.4, 0.5) is 0 Å². The summed E-state index contributed by atoms with van der Waals surface area (Å²) in [5.74, 6) is 0.628. The SMILES string of the molecule is CC(C)CC(NCc1ccc(Cl)cc1Cl)c1ccccc1. The lowest BCUT2D eigenvalue weighted by molar-refractivity contribution is 0.428. The topological polar surface area (TPSA) is 12.0 Å². The Morgan fingerprint density at radius 2 is 1.71 bits per heavy atom. The number of hydrogen-bond donors (Lipinski definition) is 1. The fourth-order valence-corrected chi connectivity index (χ4v) is 2.87. The zero-order valence-corrected chi connectivity index (χ0v) is 14.0. The summed E-state index contributed by atoms with van der Waals surface area (Å²) >= 11 is 12.2. The van der Waals surface area contributed by atoms with Crippen molar-refractivity contribution in [2.75, 3.05) is 0 Å². The summed E-state index contributed by atoms with van der Waals surface area (Å²) in [5.41, 5.74) is 2.39. The van der Waals surface area contributed by atoms with Crippen LogP contribution >= 0.6 is 23.2 Å². The molecule has 1 nitrogen and oxygen atoms in total. The number of rotatable bonds is 6. The highest BCUT2D eigenvalue weighted by molar-refractivity contribution is 6.35. The van der Waals surface area contributed by atoms with Crippen molar-refractivity contribution in [3.63, 3.8) is 0 Å². The van der Waals surface area contributed by atoms with E-state index in [-0.39, 0.29) is 0 Å². The van der Waals surface area contributed by atoms with Crippen LogP contribution in [0.2, 0.25) is 10.0 Å². The lowest BCUT2D eigenvalue weighted by Crippen LogP contribution is -2.22. The first-order chi connectivity index (χ1) is 10.1. The third-order valence-electron chi connectivity index (χ3n) is 3.46. The second-order valence-corrected chi connectivity index (χ2v) is 6.55. The average molecular weight is 322 g/mol. The van der Waals surface area contributed by atoms with E-state index < -0.39 is 0 Å². The third kappa shape index (κ3) is 5.03. The predicted octanol–water partition coefficient (Wildman–Crippen LogP) is 5.87. The molecule has 0 saturated carbocycles. The quantitative estimate of drug-likeness (QED) is 0.701. The van der Waals surface area contributed by atoms with Gasteiger partial charge in [-0.3, -0.25) is 0 Å². The van der Waals surface area contributed by atoms with Gasteiger partial charge < -0.3 is 5.32 Å². The molecule has 21 heavy (non-hydrogen) atoms. The van der Waals surface area contributed by atoms with Crippen molar-refractivity contribution in [1.29, 1.82) is 0 Å². The molecule has 0 saturated heterocycles. The lowest BCUT2D eigenvalue weighted by Gasteiger charge is -2.21. The Bertz CT molecular complexity index is 567. The van der Waals surface area contributed by atoms with E-state index in [1.54, 1.807) is 6.07 Å². The highest BCUT2D eigenvalue weighted by Gasteiger charge is 2.13. The Hall–Kier alpha value is -1.02. The molecule has 0 aromatic heterocycles. The zero-order chi connectivity index (χ0) is 15.2. The number of hydrogen-bond acceptors (Lipinski definition) is 1. The maximum Gasteiger partial charge on any atom is 0.0465 e. The lowest BCUT2D eigenvalue weighted by atomic mass is 9.97. The van der Waals surface area contributed by atoms with Crippen molar-refractivity contribution in [3.8, 4) is 0 Å². The average Bonchev–Trinajstić information content (AvgIpc) is 2.45. The molecule has 112 valence electrons. The molecule has 0 spiro atoms. The molecule has 0 aliphatic rings. The van der Waals surface area contributed by atoms with Crippen LogP contribution in [0.15, 0.2) is 48.5 Å². The highest BCUT2D eigenvalue weighted by atomic mass is 35.5. The maximum absolute atomic E-state index is 6.24. The summed E-state index contributed by atoms with van der Waals surface area (Å²) in [6, 6.07) is 16.5. The Labute approximate surface area is 137 Å². The van der Waals surface area contributed by atoms with Crippen LogP contribution < -0.4 is 5.32 Å². The molecule has 2 aromatic carbocycles. The van der Waals surface area contributed by atoms with E-state index in [0.717, 1.165) is 18.5 Å². The fraction of sp³-hybridized carbons (Fsp3) is 0.333. The van der Waals surface area contributed by atoms with Crippen LogP contribution in [-0.2, 0) is 6.54 Å². The summed E-state index contributed by atoms with van der Waals surface area (Å²) in [6.45, 7) is 5.22. The van der Waals surface area contributed by atoms with Crippen molar-refractivity contribution in [2.24, 2.45) is 5.92 Å². The van der Waals surface area contributed by atoms with Crippen LogP contribution in [0, 0.1) is 5.92 Å². The van der Waals surface area contributed by atoms with E-state index in [1.165, 1.54) is 5.56 Å². The number of nitrogens with one attached hydrogen (secondary N) is 1. The molecule has 1 atom stereocenters. The van der Waals surface area contributed by atoms with Gasteiger partial charge in [0.1, 0.15) is 0 Å². The van der Waals surface area contributed by atoms with Crippen LogP contribution in [0.25, 0.3) is 0 Å². The van der Waals surface area contributed by atoms with Crippen molar-refractivity contribution >= 4 is 23.2 Å². The molecule has 2 aromatic rings. The van der Waals surface area contributed by atoms with Gasteiger partial charge in [-0.15, -0.1) is 0 Å². The van der Waals surface area contributed by atoms with Crippen LogP contribution in [0.3, 0.4) is 0 Å². The molecule has 3 heteroatoms. The van der Waals surface area contributed by atoms with E-state index in [1.807, 2.05) is 18.2 Å². The number of benzene rings is 2. The van der Waals surface area contributed by atoms with Gasteiger partial charge in [-0.1, -0.05) is 73.4 Å². The van der Waals surface area contributed by atoms with Gasteiger partial charge in [-0.25, -0.2) is 0 Å². The van der Waals surface area contributed by atoms with Gasteiger partial charge >= 0.3 is 0 Å². The van der Waals surface area contributed by atoms with Crippen molar-refractivity contribution in [1.82, 2.24) is 5.32 Å². The van der Waals surface area contributed by atoms with Gasteiger partial charge in [0.15, 0.2) is 0 Å². The molecule has 0 aliphatic heterocycles. The summed E-state index contributed by atoms with van der Waals surface area (Å²) in [6.07, 6.45) is 1.09. The minimum Gasteiger partial charge on any atom is -0.306 e. The van der Waals surface area contributed by atoms with Gasteiger partial charge in [0, 0.05) is 22.6 Å². The van der Waals surface area contributed by atoms with Gasteiger partial charge in [0.2, 0.25) is 0 Å². The second-order valence-electron chi connectivity index (χ2n) is 5.71. The standard InChI is InChI=1S/C18H21Cl2N/c1-13(2)10-18(14-6-4-3-5-7-14)21-12-15-8-9-16(19)11-17(15)20/h3-9,11,13,18,21H,10,12H2,1-2H3. The van der Waals surface area contributed by atoms with Gasteiger partial charge in [-0.2, -0.15) is 0 Å². The third-order valence-corrected chi connectivity index (χ3v) is 4.05. The molecule has 0 aliphatic carbocycles. The first kappa shape index (κ1) is 16.4. The van der Waals surface area contributed by atoms with E-state index in [4.69, 9.17) is 23.2 Å². The normalized spacial score (nSPS) is 12.6. The Kier molecular flexibility index (Phi) is 6.10. The van der Waals surface area contributed by atoms with Gasteiger partial charge in [0.05, 0.1) is 0 Å². The van der Waals surface area contributed by atoms with Crippen molar-refractivity contribution < 1.29 is 0 Å². The molecule has 0 amide bonds. The van der Waals surface area contributed by atoms with Crippen molar-refractivity contribution in [3.05, 3.63) is 69.7 Å². The Morgan fingerprint density at radius 3 is 2.33 bits per heavy atom. The minimum absolute atomic E-state index is 0.331. The van der Waals surface area contributed by atoms with Crippen LogP contribution in [0.1, 0.15) is 37.4 Å². The Morgan fingerprint density at radius 1 is 1.00 bits per heavy atom. The maximum atomic E-state index is 6.24. The van der Waals surface area contributed by atoms with E-state index >= 15 is 0 Å². The molecule has 0 heterocycles. The van der Waals surface area contributed by atoms with E-state index in [2.05, 4.69) is 43.4 Å². The largest absolute Gasteiger partial charge is 0.306 e. The molecule has 0 radical (unpaired) electrons. The number of halogens is 2. The Balaban J connectivity index is 2.09. The molecule has 1 N–H and O–H groups in total. The first-order valence-electron chi connectivity index (χ1n) is 7.28. The van der Waals surface area contributed by atoms with Crippen LogP contribution in [-0.4, -0.2) is 0 Å². The summed E-state index contributed by atoms with van der Waals surface area (Å²) < 4.78 is 0. The highest BCUT2D eigenvalue weighted by Crippen LogP contribution is 2.24. The fourth-order valence-electron chi connectivity index (χ4n) is 2.39. The smallest absolute Gasteiger partial charge is 0.0465 e. The molecule has 2 rings (SSSR count). The molecule has 0 bridgehead atoms. The summed E-state index contributed by atoms with van der Waals surface area (Å²) in [4.78, 5) is 0. The minimum atomic E-state index is 0.331. The summed E-state index contributed by atoms with van der Waals surface area (Å²) in [7, 11) is 0. The molecular formula is C18H21Cl2N.